The number of anilines is 1. The number of nitrogens with one attached hydrogen (secondary N) is 2. The topological polar surface area (TPSA) is 67.2 Å². The maximum atomic E-state index is 11.9. The zero-order valence-electron chi connectivity index (χ0n) is 9.43. The highest BCUT2D eigenvalue weighted by molar-refractivity contribution is 5.99. The normalized spacial score (nSPS) is 9.94. The Labute approximate surface area is 98.9 Å². The second kappa shape index (κ2) is 5.16. The van der Waals surface area contributed by atoms with Crippen LogP contribution in [0.2, 0.25) is 0 Å². The predicted molar refractivity (Wildman–Crippen MR) is 63.7 cm³/mol. The van der Waals surface area contributed by atoms with E-state index in [0.29, 0.717) is 17.9 Å². The van der Waals surface area contributed by atoms with Crippen LogP contribution in [0.25, 0.3) is 0 Å². The largest absolute Gasteiger partial charge is 0.467 e. The molecule has 0 radical (unpaired) electrons. The van der Waals surface area contributed by atoms with Crippen molar-refractivity contribution in [2.75, 3.05) is 12.4 Å². The standard InChI is InChI=1S/C12H13N3O2/c1-13-11-4-5-14-8-10(11)12(16)15-7-9-3-2-6-17-9/h2-6,8H,7H2,1H3,(H,13,14)(H,15,16). The van der Waals surface area contributed by atoms with Gasteiger partial charge in [-0.3, -0.25) is 9.78 Å². The SMILES string of the molecule is CNc1ccncc1C(=O)NCc1ccco1. The molecule has 0 saturated carbocycles. The number of carbonyl (C=O) groups is 1. The molecule has 5 heteroatoms. The summed E-state index contributed by atoms with van der Waals surface area (Å²) in [6.45, 7) is 0.365. The van der Waals surface area contributed by atoms with Gasteiger partial charge in [0.15, 0.2) is 0 Å². The molecule has 0 bridgehead atoms. The van der Waals surface area contributed by atoms with Gasteiger partial charge in [-0.15, -0.1) is 0 Å². The summed E-state index contributed by atoms with van der Waals surface area (Å²) in [5.74, 6) is 0.534. The van der Waals surface area contributed by atoms with E-state index in [1.807, 2.05) is 6.07 Å². The lowest BCUT2D eigenvalue weighted by Crippen LogP contribution is -2.23. The fourth-order valence-electron chi connectivity index (χ4n) is 1.47. The molecule has 2 aromatic rings. The van der Waals surface area contributed by atoms with Crippen LogP contribution in [0, 0.1) is 0 Å². The zero-order chi connectivity index (χ0) is 12.1. The number of amides is 1. The van der Waals surface area contributed by atoms with E-state index in [4.69, 9.17) is 4.42 Å². The first kappa shape index (κ1) is 11.2. The van der Waals surface area contributed by atoms with Gasteiger partial charge in [0.1, 0.15) is 5.76 Å². The monoisotopic (exact) mass is 231 g/mol. The van der Waals surface area contributed by atoms with E-state index in [-0.39, 0.29) is 5.91 Å². The molecule has 5 nitrogen and oxygen atoms in total. The second-order valence-electron chi connectivity index (χ2n) is 3.43. The molecule has 0 fully saturated rings. The molecule has 2 rings (SSSR count). The molecule has 2 N–H and O–H groups in total. The van der Waals surface area contributed by atoms with Gasteiger partial charge in [-0.1, -0.05) is 0 Å². The maximum absolute atomic E-state index is 11.9. The van der Waals surface area contributed by atoms with Gasteiger partial charge in [-0.25, -0.2) is 0 Å². The summed E-state index contributed by atoms with van der Waals surface area (Å²) in [6, 6.07) is 5.34. The molecule has 0 saturated heterocycles. The maximum Gasteiger partial charge on any atom is 0.255 e. The van der Waals surface area contributed by atoms with Crippen molar-refractivity contribution in [2.24, 2.45) is 0 Å². The predicted octanol–water partition coefficient (Wildman–Crippen LogP) is 1.65. The highest BCUT2D eigenvalue weighted by Crippen LogP contribution is 2.12. The molecule has 88 valence electrons. The summed E-state index contributed by atoms with van der Waals surface area (Å²) in [5.41, 5.74) is 1.26. The lowest BCUT2D eigenvalue weighted by molar-refractivity contribution is 0.0948. The van der Waals surface area contributed by atoms with Crippen molar-refractivity contribution in [1.29, 1.82) is 0 Å². The molecule has 0 aliphatic heterocycles. The van der Waals surface area contributed by atoms with Crippen LogP contribution in [0.3, 0.4) is 0 Å². The molecule has 1 amide bonds. The van der Waals surface area contributed by atoms with E-state index in [0.717, 1.165) is 5.69 Å². The number of pyridine rings is 1. The van der Waals surface area contributed by atoms with E-state index in [1.54, 1.807) is 31.6 Å². The Hall–Kier alpha value is -2.30. The number of hydrogen-bond acceptors (Lipinski definition) is 4. The van der Waals surface area contributed by atoms with Crippen molar-refractivity contribution in [3.63, 3.8) is 0 Å². The van der Waals surface area contributed by atoms with Crippen LogP contribution in [0.15, 0.2) is 41.3 Å². The Morgan fingerprint density at radius 1 is 1.47 bits per heavy atom. The van der Waals surface area contributed by atoms with Gasteiger partial charge in [-0.2, -0.15) is 0 Å². The molecular formula is C12H13N3O2. The average molecular weight is 231 g/mol. The Balaban J connectivity index is 2.04. The van der Waals surface area contributed by atoms with Gasteiger partial charge in [0.2, 0.25) is 0 Å². The molecule has 2 heterocycles. The van der Waals surface area contributed by atoms with E-state index in [2.05, 4.69) is 15.6 Å². The van der Waals surface area contributed by atoms with Gasteiger partial charge in [0.25, 0.3) is 5.91 Å². The van der Waals surface area contributed by atoms with Gasteiger partial charge in [-0.05, 0) is 18.2 Å². The van der Waals surface area contributed by atoms with Gasteiger partial charge < -0.3 is 15.1 Å². The minimum atomic E-state index is -0.182. The van der Waals surface area contributed by atoms with Crippen LogP contribution in [0.5, 0.6) is 0 Å². The fourth-order valence-corrected chi connectivity index (χ4v) is 1.47. The summed E-state index contributed by atoms with van der Waals surface area (Å²) < 4.78 is 5.13. The van der Waals surface area contributed by atoms with E-state index < -0.39 is 0 Å². The highest BCUT2D eigenvalue weighted by Gasteiger charge is 2.10. The molecule has 0 unspecified atom stereocenters. The quantitative estimate of drug-likeness (QED) is 0.839. The molecule has 0 spiro atoms. The van der Waals surface area contributed by atoms with Crippen molar-refractivity contribution < 1.29 is 9.21 Å². The van der Waals surface area contributed by atoms with E-state index in [1.165, 1.54) is 6.20 Å². The second-order valence-corrected chi connectivity index (χ2v) is 3.43. The van der Waals surface area contributed by atoms with Crippen LogP contribution in [0.4, 0.5) is 5.69 Å². The lowest BCUT2D eigenvalue weighted by atomic mass is 10.2. The average Bonchev–Trinajstić information content (AvgIpc) is 2.89. The number of aromatic nitrogens is 1. The molecule has 2 aromatic heterocycles. The smallest absolute Gasteiger partial charge is 0.255 e. The summed E-state index contributed by atoms with van der Waals surface area (Å²) in [7, 11) is 1.76. The van der Waals surface area contributed by atoms with Crippen LogP contribution in [-0.4, -0.2) is 17.9 Å². The molecular weight excluding hydrogens is 218 g/mol. The number of furan rings is 1. The van der Waals surface area contributed by atoms with Gasteiger partial charge >= 0.3 is 0 Å². The van der Waals surface area contributed by atoms with Crippen molar-refractivity contribution in [3.05, 3.63) is 48.2 Å². The lowest BCUT2D eigenvalue weighted by Gasteiger charge is -2.07. The van der Waals surface area contributed by atoms with Crippen molar-refractivity contribution >= 4 is 11.6 Å². The van der Waals surface area contributed by atoms with E-state index in [9.17, 15) is 4.79 Å². The number of rotatable bonds is 4. The van der Waals surface area contributed by atoms with Crippen LogP contribution < -0.4 is 10.6 Å². The third kappa shape index (κ3) is 2.63. The zero-order valence-corrected chi connectivity index (χ0v) is 9.43. The minimum absolute atomic E-state index is 0.182. The van der Waals surface area contributed by atoms with Crippen molar-refractivity contribution in [3.8, 4) is 0 Å². The van der Waals surface area contributed by atoms with Crippen LogP contribution >= 0.6 is 0 Å². The fraction of sp³-hybridized carbons (Fsp3) is 0.167. The first-order valence-electron chi connectivity index (χ1n) is 5.23. The Morgan fingerprint density at radius 3 is 3.06 bits per heavy atom. The third-order valence-electron chi connectivity index (χ3n) is 2.34. The first-order valence-corrected chi connectivity index (χ1v) is 5.23. The Kier molecular flexibility index (Phi) is 3.40. The Bertz CT molecular complexity index is 494. The highest BCUT2D eigenvalue weighted by atomic mass is 16.3. The third-order valence-corrected chi connectivity index (χ3v) is 2.34. The Morgan fingerprint density at radius 2 is 2.35 bits per heavy atom. The van der Waals surface area contributed by atoms with Crippen molar-refractivity contribution in [1.82, 2.24) is 10.3 Å². The summed E-state index contributed by atoms with van der Waals surface area (Å²) >= 11 is 0. The number of nitrogens with zero attached hydrogens (tertiary/aromatic N) is 1. The van der Waals surface area contributed by atoms with Crippen LogP contribution in [0.1, 0.15) is 16.1 Å². The summed E-state index contributed by atoms with van der Waals surface area (Å²) in [5, 5.41) is 5.71. The summed E-state index contributed by atoms with van der Waals surface area (Å²) in [6.07, 6.45) is 4.74. The van der Waals surface area contributed by atoms with Crippen molar-refractivity contribution in [2.45, 2.75) is 6.54 Å². The van der Waals surface area contributed by atoms with Gasteiger partial charge in [0, 0.05) is 25.1 Å². The molecule has 17 heavy (non-hydrogen) atoms. The molecule has 0 aromatic carbocycles. The summed E-state index contributed by atoms with van der Waals surface area (Å²) in [4.78, 5) is 15.8. The molecule has 0 aliphatic rings. The number of hydrogen-bond donors (Lipinski definition) is 2. The first-order chi connectivity index (χ1) is 8.31. The molecule has 0 atom stereocenters. The number of carbonyl (C=O) groups excluding carboxylic acids is 1. The van der Waals surface area contributed by atoms with Gasteiger partial charge in [0.05, 0.1) is 18.4 Å². The van der Waals surface area contributed by atoms with E-state index >= 15 is 0 Å². The van der Waals surface area contributed by atoms with Crippen LogP contribution in [-0.2, 0) is 6.54 Å². The minimum Gasteiger partial charge on any atom is -0.467 e. The molecule has 0 aliphatic carbocycles.